The van der Waals surface area contributed by atoms with E-state index < -0.39 is 0 Å². The van der Waals surface area contributed by atoms with Crippen LogP contribution < -0.4 is 10.1 Å². The second-order valence-electron chi connectivity index (χ2n) is 5.60. The molecule has 0 radical (unpaired) electrons. The molecule has 2 atom stereocenters. The summed E-state index contributed by atoms with van der Waals surface area (Å²) in [6, 6.07) is 3.94. The van der Waals surface area contributed by atoms with Gasteiger partial charge in [0.05, 0.1) is 18.8 Å². The molecule has 4 heteroatoms. The van der Waals surface area contributed by atoms with Crippen molar-refractivity contribution in [3.8, 4) is 5.75 Å². The Morgan fingerprint density at radius 3 is 3.00 bits per heavy atom. The second kappa shape index (κ2) is 7.04. The van der Waals surface area contributed by atoms with Gasteiger partial charge in [0.1, 0.15) is 11.4 Å². The number of hydrogen-bond acceptors (Lipinski definition) is 4. The number of hydrogen-bond donors (Lipinski definition) is 1. The van der Waals surface area contributed by atoms with E-state index in [0.717, 1.165) is 43.9 Å². The number of aromatic nitrogens is 1. The van der Waals surface area contributed by atoms with Crippen LogP contribution in [-0.4, -0.2) is 30.8 Å². The summed E-state index contributed by atoms with van der Waals surface area (Å²) in [5.41, 5.74) is 0.738. The molecule has 1 fully saturated rings. The van der Waals surface area contributed by atoms with Gasteiger partial charge < -0.3 is 14.8 Å². The number of ether oxygens (including phenoxy) is 2. The first-order valence-electron chi connectivity index (χ1n) is 7.57. The summed E-state index contributed by atoms with van der Waals surface area (Å²) in [6.45, 7) is 6.14. The summed E-state index contributed by atoms with van der Waals surface area (Å²) in [5.74, 6) is 0.830. The van der Waals surface area contributed by atoms with Crippen LogP contribution in [0.2, 0.25) is 0 Å². The maximum absolute atomic E-state index is 6.12. The minimum absolute atomic E-state index is 0.0684. The van der Waals surface area contributed by atoms with Crippen LogP contribution in [-0.2, 0) is 4.74 Å². The normalized spacial score (nSPS) is 24.4. The van der Waals surface area contributed by atoms with Crippen LogP contribution >= 0.6 is 0 Å². The maximum Gasteiger partial charge on any atom is 0.142 e. The molecule has 0 aromatic carbocycles. The number of methoxy groups -OCH3 is 1. The molecule has 2 unspecified atom stereocenters. The minimum atomic E-state index is -0.213. The average molecular weight is 278 g/mol. The van der Waals surface area contributed by atoms with E-state index in [-0.39, 0.29) is 11.6 Å². The van der Waals surface area contributed by atoms with Gasteiger partial charge in [0.25, 0.3) is 0 Å². The van der Waals surface area contributed by atoms with E-state index in [2.05, 4.69) is 24.1 Å². The first-order chi connectivity index (χ1) is 9.71. The van der Waals surface area contributed by atoms with Crippen molar-refractivity contribution in [2.75, 3.05) is 20.3 Å². The van der Waals surface area contributed by atoms with Crippen LogP contribution in [0, 0.1) is 0 Å². The Labute approximate surface area is 121 Å². The van der Waals surface area contributed by atoms with Crippen molar-refractivity contribution in [1.82, 2.24) is 10.3 Å². The SMILES string of the molecule is CCCNC(c1ncccc1OC)C1(C)CCCCO1. The first kappa shape index (κ1) is 15.3. The third-order valence-electron chi connectivity index (χ3n) is 4.00. The standard InChI is InChI=1S/C16H26N2O2/c1-4-10-18-15(16(2)9-5-6-12-20-16)14-13(19-3)8-7-11-17-14/h7-8,11,15,18H,4-6,9-10,12H2,1-3H3. The predicted molar refractivity (Wildman–Crippen MR) is 80.0 cm³/mol. The van der Waals surface area contributed by atoms with Crippen molar-refractivity contribution in [2.45, 2.75) is 51.2 Å². The topological polar surface area (TPSA) is 43.4 Å². The van der Waals surface area contributed by atoms with Crippen LogP contribution in [0.15, 0.2) is 18.3 Å². The zero-order chi connectivity index (χ0) is 14.4. The van der Waals surface area contributed by atoms with Gasteiger partial charge in [0.2, 0.25) is 0 Å². The van der Waals surface area contributed by atoms with Crippen molar-refractivity contribution in [1.29, 1.82) is 0 Å². The fourth-order valence-corrected chi connectivity index (χ4v) is 2.87. The molecule has 1 saturated heterocycles. The van der Waals surface area contributed by atoms with E-state index in [4.69, 9.17) is 9.47 Å². The molecule has 1 aliphatic rings. The highest BCUT2D eigenvalue weighted by Crippen LogP contribution is 2.38. The molecule has 2 rings (SSSR count). The van der Waals surface area contributed by atoms with Crippen molar-refractivity contribution in [2.24, 2.45) is 0 Å². The molecule has 0 bridgehead atoms. The van der Waals surface area contributed by atoms with Gasteiger partial charge in [0.15, 0.2) is 0 Å². The molecular formula is C16H26N2O2. The fourth-order valence-electron chi connectivity index (χ4n) is 2.87. The number of rotatable bonds is 6. The lowest BCUT2D eigenvalue weighted by Crippen LogP contribution is -2.46. The van der Waals surface area contributed by atoms with Gasteiger partial charge in [-0.3, -0.25) is 4.98 Å². The quantitative estimate of drug-likeness (QED) is 0.868. The number of nitrogens with zero attached hydrogens (tertiary/aromatic N) is 1. The molecular weight excluding hydrogens is 252 g/mol. The highest BCUT2D eigenvalue weighted by Gasteiger charge is 2.39. The summed E-state index contributed by atoms with van der Waals surface area (Å²) >= 11 is 0. The highest BCUT2D eigenvalue weighted by atomic mass is 16.5. The van der Waals surface area contributed by atoms with Crippen LogP contribution in [0.3, 0.4) is 0 Å². The van der Waals surface area contributed by atoms with E-state index in [0.29, 0.717) is 0 Å². The zero-order valence-electron chi connectivity index (χ0n) is 12.8. The largest absolute Gasteiger partial charge is 0.495 e. The van der Waals surface area contributed by atoms with E-state index >= 15 is 0 Å². The molecule has 1 aliphatic heterocycles. The van der Waals surface area contributed by atoms with Gasteiger partial charge >= 0.3 is 0 Å². The predicted octanol–water partition coefficient (Wildman–Crippen LogP) is 3.09. The zero-order valence-corrected chi connectivity index (χ0v) is 12.8. The van der Waals surface area contributed by atoms with Crippen molar-refractivity contribution in [3.63, 3.8) is 0 Å². The molecule has 4 nitrogen and oxygen atoms in total. The van der Waals surface area contributed by atoms with Crippen LogP contribution in [0.25, 0.3) is 0 Å². The summed E-state index contributed by atoms with van der Waals surface area (Å²) in [7, 11) is 1.70. The third-order valence-corrected chi connectivity index (χ3v) is 4.00. The Hall–Kier alpha value is -1.13. The Morgan fingerprint density at radius 2 is 2.35 bits per heavy atom. The lowest BCUT2D eigenvalue weighted by atomic mass is 9.85. The second-order valence-corrected chi connectivity index (χ2v) is 5.60. The Balaban J connectivity index is 2.30. The molecule has 0 aliphatic carbocycles. The van der Waals surface area contributed by atoms with Gasteiger partial charge in [-0.15, -0.1) is 0 Å². The van der Waals surface area contributed by atoms with Gasteiger partial charge in [-0.1, -0.05) is 6.92 Å². The van der Waals surface area contributed by atoms with E-state index in [1.165, 1.54) is 6.42 Å². The van der Waals surface area contributed by atoms with E-state index in [9.17, 15) is 0 Å². The lowest BCUT2D eigenvalue weighted by molar-refractivity contribution is -0.0909. The molecule has 0 amide bonds. The van der Waals surface area contributed by atoms with E-state index in [1.54, 1.807) is 7.11 Å². The molecule has 0 spiro atoms. The third kappa shape index (κ3) is 3.30. The molecule has 1 N–H and O–H groups in total. The Morgan fingerprint density at radius 1 is 1.50 bits per heavy atom. The van der Waals surface area contributed by atoms with Crippen LogP contribution in [0.5, 0.6) is 5.75 Å². The Bertz CT molecular complexity index is 417. The minimum Gasteiger partial charge on any atom is -0.495 e. The monoisotopic (exact) mass is 278 g/mol. The van der Waals surface area contributed by atoms with Gasteiger partial charge in [-0.2, -0.15) is 0 Å². The Kier molecular flexibility index (Phi) is 5.38. The summed E-state index contributed by atoms with van der Waals surface area (Å²) in [4.78, 5) is 4.56. The molecule has 1 aromatic rings. The molecule has 112 valence electrons. The van der Waals surface area contributed by atoms with Gasteiger partial charge in [-0.25, -0.2) is 0 Å². The van der Waals surface area contributed by atoms with Crippen LogP contribution in [0.1, 0.15) is 51.3 Å². The van der Waals surface area contributed by atoms with Crippen LogP contribution in [0.4, 0.5) is 0 Å². The van der Waals surface area contributed by atoms with Crippen molar-refractivity contribution < 1.29 is 9.47 Å². The molecule has 2 heterocycles. The fraction of sp³-hybridized carbons (Fsp3) is 0.688. The molecule has 0 saturated carbocycles. The number of pyridine rings is 1. The highest BCUT2D eigenvalue weighted by molar-refractivity contribution is 5.31. The van der Waals surface area contributed by atoms with Gasteiger partial charge in [-0.05, 0) is 51.3 Å². The molecule has 1 aromatic heterocycles. The van der Waals surface area contributed by atoms with Crippen molar-refractivity contribution >= 4 is 0 Å². The smallest absolute Gasteiger partial charge is 0.142 e. The summed E-state index contributed by atoms with van der Waals surface area (Å²) in [6.07, 6.45) is 6.31. The molecule has 20 heavy (non-hydrogen) atoms. The van der Waals surface area contributed by atoms with Gasteiger partial charge in [0, 0.05) is 12.8 Å². The first-order valence-corrected chi connectivity index (χ1v) is 7.57. The number of nitrogens with one attached hydrogen (secondary N) is 1. The van der Waals surface area contributed by atoms with Crippen molar-refractivity contribution in [3.05, 3.63) is 24.0 Å². The van der Waals surface area contributed by atoms with E-state index in [1.807, 2.05) is 18.3 Å². The summed E-state index contributed by atoms with van der Waals surface area (Å²) in [5, 5.41) is 3.60. The average Bonchev–Trinajstić information content (AvgIpc) is 2.48. The maximum atomic E-state index is 6.12. The summed E-state index contributed by atoms with van der Waals surface area (Å²) < 4.78 is 11.6. The lowest BCUT2D eigenvalue weighted by Gasteiger charge is -2.41.